The van der Waals surface area contributed by atoms with Gasteiger partial charge in [-0.3, -0.25) is 9.48 Å². The van der Waals surface area contributed by atoms with Gasteiger partial charge in [0, 0.05) is 7.05 Å². The van der Waals surface area contributed by atoms with Crippen LogP contribution < -0.4 is 5.73 Å². The summed E-state index contributed by atoms with van der Waals surface area (Å²) in [5.74, 6) is -3.82. The van der Waals surface area contributed by atoms with Gasteiger partial charge < -0.3 is 10.5 Å². The minimum atomic E-state index is -1.02. The number of nitrogen functional groups attached to an aromatic ring is 1. The summed E-state index contributed by atoms with van der Waals surface area (Å²) in [5.41, 5.74) is 5.27. The molecule has 0 aliphatic carbocycles. The van der Waals surface area contributed by atoms with E-state index in [0.717, 1.165) is 18.2 Å². The second-order valence-electron chi connectivity index (χ2n) is 4.57. The molecule has 0 atom stereocenters. The summed E-state index contributed by atoms with van der Waals surface area (Å²) in [6, 6.07) is 3.02. The quantitative estimate of drug-likeness (QED) is 0.685. The van der Waals surface area contributed by atoms with Crippen LogP contribution in [0.2, 0.25) is 0 Å². The van der Waals surface area contributed by atoms with Gasteiger partial charge in [-0.2, -0.15) is 5.10 Å². The van der Waals surface area contributed by atoms with Gasteiger partial charge >= 0.3 is 5.97 Å². The summed E-state index contributed by atoms with van der Waals surface area (Å²) in [4.78, 5) is 23.7. The lowest BCUT2D eigenvalue weighted by Crippen LogP contribution is -2.17. The molecule has 0 unspecified atom stereocenters. The first-order valence-electron chi connectivity index (χ1n) is 6.26. The second-order valence-corrected chi connectivity index (χ2v) is 4.57. The molecule has 2 N–H and O–H groups in total. The van der Waals surface area contributed by atoms with Crippen LogP contribution in [0.25, 0.3) is 0 Å². The Morgan fingerprint density at radius 1 is 1.27 bits per heavy atom. The molecule has 0 aliphatic heterocycles. The summed E-state index contributed by atoms with van der Waals surface area (Å²) >= 11 is 0. The second kappa shape index (κ2) is 5.92. The molecular weight excluding hydrogens is 296 g/mol. The number of nitrogens with two attached hydrogens (primary N) is 1. The van der Waals surface area contributed by atoms with Crippen molar-refractivity contribution < 1.29 is 23.1 Å². The fourth-order valence-electron chi connectivity index (χ4n) is 1.97. The third-order valence-electron chi connectivity index (χ3n) is 3.05. The molecule has 1 aromatic carbocycles. The van der Waals surface area contributed by atoms with Gasteiger partial charge in [0.25, 0.3) is 0 Å². The number of aromatic nitrogens is 2. The summed E-state index contributed by atoms with van der Waals surface area (Å²) in [5, 5.41) is 3.93. The lowest BCUT2D eigenvalue weighted by Gasteiger charge is -2.06. The van der Waals surface area contributed by atoms with Crippen molar-refractivity contribution in [3.05, 3.63) is 46.7 Å². The number of hydrogen-bond acceptors (Lipinski definition) is 5. The Hall–Kier alpha value is -2.77. The third-order valence-corrected chi connectivity index (χ3v) is 3.05. The molecule has 6 nitrogen and oxygen atoms in total. The van der Waals surface area contributed by atoms with Crippen molar-refractivity contribution in [2.24, 2.45) is 7.05 Å². The molecule has 0 aliphatic rings. The molecule has 0 saturated carbocycles. The standard InChI is InChI=1S/C14H13F2N3O3/c1-7-11(13(17)19(2)18-7)14(21)22-6-10(20)12-8(15)4-3-5-9(12)16/h3-5H,6,17H2,1-2H3. The average Bonchev–Trinajstić information content (AvgIpc) is 2.69. The topological polar surface area (TPSA) is 87.2 Å². The highest BCUT2D eigenvalue weighted by Gasteiger charge is 2.23. The van der Waals surface area contributed by atoms with Crippen molar-refractivity contribution in [3.8, 4) is 0 Å². The van der Waals surface area contributed by atoms with E-state index < -0.39 is 35.6 Å². The van der Waals surface area contributed by atoms with Crippen LogP contribution in [0.4, 0.5) is 14.6 Å². The zero-order valence-corrected chi connectivity index (χ0v) is 11.9. The van der Waals surface area contributed by atoms with E-state index in [4.69, 9.17) is 10.5 Å². The van der Waals surface area contributed by atoms with Crippen LogP contribution in [0.3, 0.4) is 0 Å². The van der Waals surface area contributed by atoms with E-state index >= 15 is 0 Å². The molecule has 0 fully saturated rings. The van der Waals surface area contributed by atoms with Crippen LogP contribution in [0, 0.1) is 18.6 Å². The number of carbonyl (C=O) groups is 2. The van der Waals surface area contributed by atoms with Gasteiger partial charge in [-0.25, -0.2) is 13.6 Å². The SMILES string of the molecule is Cc1nn(C)c(N)c1C(=O)OCC(=O)c1c(F)cccc1F. The molecule has 1 aromatic heterocycles. The van der Waals surface area contributed by atoms with Crippen molar-refractivity contribution in [1.82, 2.24) is 9.78 Å². The van der Waals surface area contributed by atoms with Crippen molar-refractivity contribution in [3.63, 3.8) is 0 Å². The molecule has 2 rings (SSSR count). The number of nitrogens with zero attached hydrogens (tertiary/aromatic N) is 2. The van der Waals surface area contributed by atoms with Crippen molar-refractivity contribution >= 4 is 17.6 Å². The number of anilines is 1. The predicted molar refractivity (Wildman–Crippen MR) is 73.3 cm³/mol. The number of ether oxygens (including phenoxy) is 1. The van der Waals surface area contributed by atoms with Crippen molar-refractivity contribution in [2.45, 2.75) is 6.92 Å². The first kappa shape index (κ1) is 15.6. The van der Waals surface area contributed by atoms with Crippen LogP contribution >= 0.6 is 0 Å². The van der Waals surface area contributed by atoms with E-state index in [0.29, 0.717) is 5.69 Å². The lowest BCUT2D eigenvalue weighted by atomic mass is 10.1. The fraction of sp³-hybridized carbons (Fsp3) is 0.214. The Balaban J connectivity index is 2.13. The number of halogens is 2. The van der Waals surface area contributed by atoms with Crippen molar-refractivity contribution in [1.29, 1.82) is 0 Å². The normalized spacial score (nSPS) is 10.5. The van der Waals surface area contributed by atoms with Crippen molar-refractivity contribution in [2.75, 3.05) is 12.3 Å². The Labute approximate surface area is 124 Å². The molecular formula is C14H13F2N3O3. The van der Waals surface area contributed by atoms with Crippen LogP contribution in [0.1, 0.15) is 26.4 Å². The molecule has 0 amide bonds. The highest BCUT2D eigenvalue weighted by atomic mass is 19.1. The van der Waals surface area contributed by atoms with E-state index in [-0.39, 0.29) is 11.4 Å². The Kier molecular flexibility index (Phi) is 4.20. The number of carbonyl (C=O) groups excluding carboxylic acids is 2. The zero-order chi connectivity index (χ0) is 16.4. The smallest absolute Gasteiger partial charge is 0.344 e. The monoisotopic (exact) mass is 309 g/mol. The third kappa shape index (κ3) is 2.80. The molecule has 8 heteroatoms. The van der Waals surface area contributed by atoms with Gasteiger partial charge in [0.05, 0.1) is 11.3 Å². The Morgan fingerprint density at radius 3 is 2.36 bits per heavy atom. The number of aryl methyl sites for hydroxylation is 2. The number of hydrogen-bond donors (Lipinski definition) is 1. The van der Waals surface area contributed by atoms with E-state index in [1.165, 1.54) is 4.68 Å². The molecule has 0 radical (unpaired) electrons. The number of esters is 1. The maximum Gasteiger partial charge on any atom is 0.344 e. The summed E-state index contributed by atoms with van der Waals surface area (Å²) in [6.07, 6.45) is 0. The molecule has 0 bridgehead atoms. The predicted octanol–water partition coefficient (Wildman–Crippen LogP) is 1.63. The maximum absolute atomic E-state index is 13.4. The minimum Gasteiger partial charge on any atom is -0.454 e. The van der Waals surface area contributed by atoms with Crippen LogP contribution in [-0.4, -0.2) is 28.1 Å². The van der Waals surface area contributed by atoms with Gasteiger partial charge in [0.1, 0.15) is 23.0 Å². The number of ketones is 1. The largest absolute Gasteiger partial charge is 0.454 e. The first-order chi connectivity index (χ1) is 10.3. The molecule has 2 aromatic rings. The molecule has 0 spiro atoms. The maximum atomic E-state index is 13.4. The summed E-state index contributed by atoms with van der Waals surface area (Å²) in [6.45, 7) is 0.746. The Morgan fingerprint density at radius 2 is 1.86 bits per heavy atom. The lowest BCUT2D eigenvalue weighted by molar-refractivity contribution is 0.0472. The van der Waals surface area contributed by atoms with E-state index in [2.05, 4.69) is 5.10 Å². The minimum absolute atomic E-state index is 0.0179. The number of Topliss-reactive ketones (excluding diaryl/α,β-unsaturated/α-hetero) is 1. The highest BCUT2D eigenvalue weighted by molar-refractivity contribution is 6.01. The molecule has 0 saturated heterocycles. The van der Waals surface area contributed by atoms with Gasteiger partial charge in [-0.05, 0) is 19.1 Å². The zero-order valence-electron chi connectivity index (χ0n) is 11.9. The number of rotatable bonds is 4. The average molecular weight is 309 g/mol. The summed E-state index contributed by atoms with van der Waals surface area (Å²) < 4.78 is 32.9. The van der Waals surface area contributed by atoms with Gasteiger partial charge in [0.2, 0.25) is 5.78 Å². The Bertz CT molecular complexity index is 736. The highest BCUT2D eigenvalue weighted by Crippen LogP contribution is 2.17. The first-order valence-corrected chi connectivity index (χ1v) is 6.26. The number of benzene rings is 1. The van der Waals surface area contributed by atoms with Crippen LogP contribution in [-0.2, 0) is 11.8 Å². The molecule has 116 valence electrons. The van der Waals surface area contributed by atoms with E-state index in [9.17, 15) is 18.4 Å². The molecule has 1 heterocycles. The van der Waals surface area contributed by atoms with Crippen LogP contribution in [0.15, 0.2) is 18.2 Å². The van der Waals surface area contributed by atoms with Gasteiger partial charge in [-0.1, -0.05) is 6.07 Å². The molecule has 22 heavy (non-hydrogen) atoms. The van der Waals surface area contributed by atoms with E-state index in [1.807, 2.05) is 0 Å². The summed E-state index contributed by atoms with van der Waals surface area (Å²) in [7, 11) is 1.54. The van der Waals surface area contributed by atoms with E-state index in [1.54, 1.807) is 14.0 Å². The fourth-order valence-corrected chi connectivity index (χ4v) is 1.97. The van der Waals surface area contributed by atoms with Gasteiger partial charge in [-0.15, -0.1) is 0 Å². The van der Waals surface area contributed by atoms with Gasteiger partial charge in [0.15, 0.2) is 6.61 Å². The van der Waals surface area contributed by atoms with Crippen LogP contribution in [0.5, 0.6) is 0 Å².